The molecule has 0 aromatic heterocycles. The molecule has 32 heavy (non-hydrogen) atoms. The summed E-state index contributed by atoms with van der Waals surface area (Å²) in [5.74, 6) is 7.14. The Morgan fingerprint density at radius 2 is 1.34 bits per heavy atom. The second kappa shape index (κ2) is 8.87. The molecule has 10 atom stereocenters. The third-order valence-electron chi connectivity index (χ3n) is 12.8. The van der Waals surface area contributed by atoms with E-state index in [-0.39, 0.29) is 11.5 Å². The molecule has 1 heteroatoms. The Morgan fingerprint density at radius 1 is 0.750 bits per heavy atom. The molecule has 4 fully saturated rings. The summed E-state index contributed by atoms with van der Waals surface area (Å²) in [6.07, 6.45) is 15.2. The van der Waals surface area contributed by atoms with Crippen LogP contribution in [0.3, 0.4) is 0 Å². The van der Waals surface area contributed by atoms with Gasteiger partial charge in [0.1, 0.15) is 0 Å². The molecule has 0 bridgehead atoms. The van der Waals surface area contributed by atoms with E-state index in [1.165, 1.54) is 64.2 Å². The van der Waals surface area contributed by atoms with Crippen LogP contribution >= 0.6 is 0 Å². The lowest BCUT2D eigenvalue weighted by Crippen LogP contribution is -2.59. The molecule has 4 saturated carbocycles. The first-order chi connectivity index (χ1) is 15.0. The first kappa shape index (κ1) is 25.1. The highest BCUT2D eigenvalue weighted by Crippen LogP contribution is 2.70. The van der Waals surface area contributed by atoms with Gasteiger partial charge in [0, 0.05) is 0 Å². The van der Waals surface area contributed by atoms with Gasteiger partial charge < -0.3 is 5.11 Å². The minimum atomic E-state index is -0.0986. The molecule has 0 aliphatic heterocycles. The van der Waals surface area contributed by atoms with Gasteiger partial charge in [0.2, 0.25) is 0 Å². The molecule has 0 aromatic carbocycles. The quantitative estimate of drug-likeness (QED) is 0.434. The van der Waals surface area contributed by atoms with Crippen molar-refractivity contribution in [1.29, 1.82) is 0 Å². The molecule has 4 aliphatic rings. The fraction of sp³-hybridized carbons (Fsp3) is 1.00. The summed E-state index contributed by atoms with van der Waals surface area (Å²) >= 11 is 0. The van der Waals surface area contributed by atoms with Gasteiger partial charge in [-0.1, -0.05) is 68.2 Å². The summed E-state index contributed by atoms with van der Waals surface area (Å²) in [6.45, 7) is 20.0. The van der Waals surface area contributed by atoms with Gasteiger partial charge in [-0.2, -0.15) is 0 Å². The van der Waals surface area contributed by atoms with Crippen molar-refractivity contribution < 1.29 is 5.11 Å². The molecule has 1 nitrogen and oxygen atoms in total. The lowest BCUT2D eigenvalue weighted by atomic mass is 9.40. The summed E-state index contributed by atoms with van der Waals surface area (Å²) in [4.78, 5) is 0. The maximum Gasteiger partial charge on any atom is 0.0594 e. The van der Waals surface area contributed by atoms with Gasteiger partial charge in [0.05, 0.1) is 6.10 Å². The molecular weight excluding hydrogens is 388 g/mol. The average Bonchev–Trinajstić information content (AvgIpc) is 3.09. The summed E-state index contributed by atoms with van der Waals surface area (Å²) in [5, 5.41) is 10.8. The minimum Gasteiger partial charge on any atom is -0.393 e. The number of hydrogen-bond donors (Lipinski definition) is 1. The molecule has 186 valence electrons. The Kier molecular flexibility index (Phi) is 6.95. The molecule has 0 radical (unpaired) electrons. The van der Waals surface area contributed by atoms with Gasteiger partial charge in [0.25, 0.3) is 0 Å². The lowest BCUT2D eigenvalue weighted by molar-refractivity contribution is -0.184. The zero-order valence-electron chi connectivity index (χ0n) is 22.9. The summed E-state index contributed by atoms with van der Waals surface area (Å²) in [5.41, 5.74) is 1.13. The molecule has 0 spiro atoms. The topological polar surface area (TPSA) is 20.2 Å². The summed E-state index contributed by atoms with van der Waals surface area (Å²) in [6, 6.07) is 0. The highest BCUT2D eigenvalue weighted by Gasteiger charge is 2.63. The predicted molar refractivity (Wildman–Crippen MR) is 137 cm³/mol. The van der Waals surface area contributed by atoms with Crippen LogP contribution < -0.4 is 0 Å². The van der Waals surface area contributed by atoms with Crippen LogP contribution in [0.15, 0.2) is 0 Å². The molecular formula is C31H56O. The van der Waals surface area contributed by atoms with Crippen molar-refractivity contribution in [3.8, 4) is 0 Å². The van der Waals surface area contributed by atoms with Crippen LogP contribution in [-0.2, 0) is 0 Å². The lowest BCUT2D eigenvalue weighted by Gasteiger charge is -2.65. The Hall–Kier alpha value is -0.0400. The number of rotatable bonds is 6. The van der Waals surface area contributed by atoms with E-state index in [0.717, 1.165) is 47.8 Å². The highest BCUT2D eigenvalue weighted by molar-refractivity contribution is 5.12. The van der Waals surface area contributed by atoms with E-state index in [1.807, 2.05) is 0 Å². The second-order valence-corrected chi connectivity index (χ2v) is 14.6. The highest BCUT2D eigenvalue weighted by atomic mass is 16.3. The van der Waals surface area contributed by atoms with Crippen LogP contribution in [0.1, 0.15) is 126 Å². The number of hydrogen-bond acceptors (Lipinski definition) is 1. The van der Waals surface area contributed by atoms with Crippen molar-refractivity contribution in [3.63, 3.8) is 0 Å². The molecule has 4 rings (SSSR count). The van der Waals surface area contributed by atoms with Crippen molar-refractivity contribution in [2.24, 2.45) is 63.6 Å². The maximum atomic E-state index is 10.8. The van der Waals surface area contributed by atoms with Gasteiger partial charge in [0.15, 0.2) is 0 Å². The molecule has 0 heterocycles. The molecule has 4 aliphatic carbocycles. The van der Waals surface area contributed by atoms with Crippen LogP contribution in [-0.4, -0.2) is 11.2 Å². The SMILES string of the molecule is CCC(CC[C@@H](C)C1CC[C@]2(C)C1CCC1C2CCC2C(C)(C)C(O)CCC12C)C(C)C. The van der Waals surface area contributed by atoms with Gasteiger partial charge in [-0.05, 0) is 121 Å². The molecule has 0 aromatic rings. The van der Waals surface area contributed by atoms with E-state index in [1.54, 1.807) is 0 Å². The van der Waals surface area contributed by atoms with E-state index in [4.69, 9.17) is 0 Å². The fourth-order valence-corrected chi connectivity index (χ4v) is 10.6. The molecule has 0 amide bonds. The Balaban J connectivity index is 1.49. The zero-order valence-corrected chi connectivity index (χ0v) is 22.9. The van der Waals surface area contributed by atoms with Crippen molar-refractivity contribution in [2.45, 2.75) is 132 Å². The fourth-order valence-electron chi connectivity index (χ4n) is 10.6. The molecule has 1 N–H and O–H groups in total. The smallest absolute Gasteiger partial charge is 0.0594 e. The van der Waals surface area contributed by atoms with Crippen molar-refractivity contribution >= 4 is 0 Å². The van der Waals surface area contributed by atoms with E-state index < -0.39 is 0 Å². The Morgan fingerprint density at radius 3 is 2.00 bits per heavy atom. The Labute approximate surface area is 200 Å². The normalized spacial score (nSPS) is 47.4. The maximum absolute atomic E-state index is 10.8. The van der Waals surface area contributed by atoms with E-state index in [9.17, 15) is 5.11 Å². The average molecular weight is 445 g/mol. The van der Waals surface area contributed by atoms with Crippen LogP contribution in [0.25, 0.3) is 0 Å². The number of fused-ring (bicyclic) bond motifs is 5. The number of aliphatic hydroxyl groups excluding tert-OH is 1. The van der Waals surface area contributed by atoms with E-state index >= 15 is 0 Å². The minimum absolute atomic E-state index is 0.0919. The third-order valence-corrected chi connectivity index (χ3v) is 12.8. The van der Waals surface area contributed by atoms with Crippen LogP contribution in [0.5, 0.6) is 0 Å². The van der Waals surface area contributed by atoms with Gasteiger partial charge >= 0.3 is 0 Å². The van der Waals surface area contributed by atoms with Crippen LogP contribution in [0.2, 0.25) is 0 Å². The molecule has 0 saturated heterocycles. The van der Waals surface area contributed by atoms with Crippen molar-refractivity contribution in [3.05, 3.63) is 0 Å². The van der Waals surface area contributed by atoms with Gasteiger partial charge in [-0.25, -0.2) is 0 Å². The van der Waals surface area contributed by atoms with Crippen molar-refractivity contribution in [1.82, 2.24) is 0 Å². The Bertz CT molecular complexity index is 651. The first-order valence-electron chi connectivity index (χ1n) is 14.6. The largest absolute Gasteiger partial charge is 0.393 e. The van der Waals surface area contributed by atoms with E-state index in [0.29, 0.717) is 16.7 Å². The third kappa shape index (κ3) is 3.83. The van der Waals surface area contributed by atoms with Gasteiger partial charge in [-0.3, -0.25) is 0 Å². The molecule has 8 unspecified atom stereocenters. The van der Waals surface area contributed by atoms with Crippen molar-refractivity contribution in [2.75, 3.05) is 0 Å². The second-order valence-electron chi connectivity index (χ2n) is 14.6. The first-order valence-corrected chi connectivity index (χ1v) is 14.6. The number of aliphatic hydroxyl groups is 1. The predicted octanol–water partition coefficient (Wildman–Crippen LogP) is 8.74. The van der Waals surface area contributed by atoms with Gasteiger partial charge in [-0.15, -0.1) is 0 Å². The van der Waals surface area contributed by atoms with Crippen LogP contribution in [0, 0.1) is 63.6 Å². The summed E-state index contributed by atoms with van der Waals surface area (Å²) in [7, 11) is 0. The summed E-state index contributed by atoms with van der Waals surface area (Å²) < 4.78 is 0. The zero-order chi connectivity index (χ0) is 23.5. The monoisotopic (exact) mass is 444 g/mol. The van der Waals surface area contributed by atoms with Crippen LogP contribution in [0.4, 0.5) is 0 Å². The standard InChI is InChI=1S/C31H56O/c1-9-22(20(2)3)11-10-21(4)23-16-18-30(7)24(23)12-13-26-25(30)14-15-27-29(5,6)28(32)17-19-31(26,27)8/h20-28,32H,9-19H2,1-8H3/t21-,22?,23?,24?,25?,26?,27?,28?,30-,31?/m1/s1. The van der Waals surface area contributed by atoms with E-state index in [2.05, 4.69) is 55.4 Å².